The molecular formula is C5H7Y-. The Labute approximate surface area is 64.2 Å². The van der Waals surface area contributed by atoms with Crippen LogP contribution in [0.25, 0.3) is 0 Å². The van der Waals surface area contributed by atoms with Gasteiger partial charge in [0.25, 0.3) is 0 Å². The van der Waals surface area contributed by atoms with E-state index in [4.69, 9.17) is 0 Å². The van der Waals surface area contributed by atoms with Crippen molar-refractivity contribution in [3.8, 4) is 0 Å². The molecule has 31 valence electrons. The normalized spacial score (nSPS) is 7.50. The maximum atomic E-state index is 3.43. The summed E-state index contributed by atoms with van der Waals surface area (Å²) in [5.74, 6) is 0. The predicted octanol–water partition coefficient (Wildman–Crippen LogP) is 1.55. The van der Waals surface area contributed by atoms with Crippen LogP contribution in [0.5, 0.6) is 0 Å². The fourth-order valence-corrected chi connectivity index (χ4v) is 0.118. The van der Waals surface area contributed by atoms with Gasteiger partial charge in [0.15, 0.2) is 0 Å². The summed E-state index contributed by atoms with van der Waals surface area (Å²) in [6.07, 6.45) is 6.23. The van der Waals surface area contributed by atoms with Gasteiger partial charge in [-0.3, -0.25) is 6.08 Å². The van der Waals surface area contributed by atoms with E-state index in [2.05, 4.69) is 12.7 Å². The molecule has 0 saturated heterocycles. The van der Waals surface area contributed by atoms with Gasteiger partial charge >= 0.3 is 0 Å². The van der Waals surface area contributed by atoms with Gasteiger partial charge in [-0.05, 0) is 0 Å². The first kappa shape index (κ1) is 9.77. The predicted molar refractivity (Wildman–Crippen MR) is 23.7 cm³/mol. The molecule has 0 fully saturated rings. The average Bonchev–Trinajstić information content (AvgIpc) is 1.41. The summed E-state index contributed by atoms with van der Waals surface area (Å²) in [5.41, 5.74) is 0. The minimum Gasteiger partial charge on any atom is -0.279 e. The molecule has 0 aromatic heterocycles. The van der Waals surface area contributed by atoms with E-state index >= 15 is 0 Å². The van der Waals surface area contributed by atoms with E-state index in [0.29, 0.717) is 0 Å². The fourth-order valence-electron chi connectivity index (χ4n) is 0.118. The Kier molecular flexibility index (Phi) is 14.9. The molecule has 0 bridgehead atoms. The van der Waals surface area contributed by atoms with Crippen LogP contribution in [0.3, 0.4) is 0 Å². The first-order valence-corrected chi connectivity index (χ1v) is 1.53. The molecule has 0 aromatic carbocycles. The zero-order chi connectivity index (χ0) is 4.12. The molecule has 1 radical (unpaired) electrons. The Morgan fingerprint density at radius 1 is 1.67 bits per heavy atom. The maximum Gasteiger partial charge on any atom is 0 e. The van der Waals surface area contributed by atoms with Crippen molar-refractivity contribution in [1.29, 1.82) is 0 Å². The molecule has 1 heteroatoms. The van der Waals surface area contributed by atoms with Crippen LogP contribution in [-0.2, 0) is 32.7 Å². The second-order valence-electron chi connectivity index (χ2n) is 0.691. The van der Waals surface area contributed by atoms with Crippen LogP contribution in [0.4, 0.5) is 0 Å². The van der Waals surface area contributed by atoms with Gasteiger partial charge in [0.05, 0.1) is 0 Å². The summed E-state index contributed by atoms with van der Waals surface area (Å²) in [4.78, 5) is 0. The van der Waals surface area contributed by atoms with Crippen LogP contribution in [0, 0.1) is 6.08 Å². The van der Waals surface area contributed by atoms with Crippen molar-refractivity contribution in [1.82, 2.24) is 0 Å². The van der Waals surface area contributed by atoms with Crippen molar-refractivity contribution >= 4 is 0 Å². The van der Waals surface area contributed by atoms with Crippen molar-refractivity contribution in [3.05, 3.63) is 24.8 Å². The number of rotatable bonds is 1. The zero-order valence-electron chi connectivity index (χ0n) is 3.94. The van der Waals surface area contributed by atoms with Crippen molar-refractivity contribution in [2.45, 2.75) is 6.92 Å². The molecule has 0 N–H and O–H groups in total. The van der Waals surface area contributed by atoms with E-state index in [9.17, 15) is 0 Å². The van der Waals surface area contributed by atoms with Crippen LogP contribution >= 0.6 is 0 Å². The van der Waals surface area contributed by atoms with Gasteiger partial charge in [-0.1, -0.05) is 0 Å². The van der Waals surface area contributed by atoms with E-state index < -0.39 is 0 Å². The third kappa shape index (κ3) is 8.82. The topological polar surface area (TPSA) is 0 Å². The maximum absolute atomic E-state index is 3.43. The van der Waals surface area contributed by atoms with Crippen molar-refractivity contribution in [2.24, 2.45) is 0 Å². The Bertz CT molecular complexity index is 45.9. The molecule has 0 aliphatic rings. The van der Waals surface area contributed by atoms with Crippen LogP contribution in [0.15, 0.2) is 18.7 Å². The van der Waals surface area contributed by atoms with Gasteiger partial charge in [0.2, 0.25) is 0 Å². The van der Waals surface area contributed by atoms with E-state index in [0.717, 1.165) is 0 Å². The monoisotopic (exact) mass is 156 g/mol. The first-order valence-electron chi connectivity index (χ1n) is 1.53. The van der Waals surface area contributed by atoms with Crippen molar-refractivity contribution in [3.63, 3.8) is 0 Å². The average molecular weight is 156 g/mol. The second-order valence-corrected chi connectivity index (χ2v) is 0.691. The van der Waals surface area contributed by atoms with Crippen LogP contribution in [-0.4, -0.2) is 0 Å². The molecule has 0 saturated carbocycles. The van der Waals surface area contributed by atoms with Crippen molar-refractivity contribution in [2.75, 3.05) is 0 Å². The summed E-state index contributed by atoms with van der Waals surface area (Å²) < 4.78 is 0. The minimum atomic E-state index is 0. The van der Waals surface area contributed by atoms with Gasteiger partial charge < -0.3 is 0 Å². The molecule has 0 aromatic rings. The molecule has 6 heavy (non-hydrogen) atoms. The standard InChI is InChI=1S/C5H7.Y/c1-3-5-4-2;/h3,5H,1H2,2H3;/q-1;. The molecule has 0 aliphatic heterocycles. The van der Waals surface area contributed by atoms with E-state index in [-0.39, 0.29) is 32.7 Å². The molecule has 0 heterocycles. The summed E-state index contributed by atoms with van der Waals surface area (Å²) >= 11 is 0. The Morgan fingerprint density at radius 2 is 2.17 bits per heavy atom. The SMILES string of the molecule is C=CC=[C-]C.[Y]. The zero-order valence-corrected chi connectivity index (χ0v) is 6.78. The minimum absolute atomic E-state index is 0. The van der Waals surface area contributed by atoms with Crippen LogP contribution < -0.4 is 0 Å². The largest absolute Gasteiger partial charge is 0.279 e. The second kappa shape index (κ2) is 9.13. The molecule has 0 unspecified atom stereocenters. The van der Waals surface area contributed by atoms with E-state index in [1.165, 1.54) is 0 Å². The molecule has 0 atom stereocenters. The summed E-state index contributed by atoms with van der Waals surface area (Å²) in [5, 5.41) is 0. The van der Waals surface area contributed by atoms with Crippen molar-refractivity contribution < 1.29 is 32.7 Å². The first-order chi connectivity index (χ1) is 2.41. The Morgan fingerprint density at radius 3 is 2.17 bits per heavy atom. The molecular weight excluding hydrogens is 149 g/mol. The number of allylic oxidation sites excluding steroid dienone is 3. The smallest absolute Gasteiger partial charge is 0 e. The fraction of sp³-hybridized carbons (Fsp3) is 0.200. The molecule has 0 rings (SSSR count). The number of hydrogen-bond acceptors (Lipinski definition) is 0. The van der Waals surface area contributed by atoms with E-state index in [1.54, 1.807) is 12.2 Å². The quantitative estimate of drug-likeness (QED) is 0.399. The van der Waals surface area contributed by atoms with Gasteiger partial charge in [0.1, 0.15) is 0 Å². The molecule has 0 spiro atoms. The summed E-state index contributed by atoms with van der Waals surface area (Å²) in [6.45, 7) is 5.27. The van der Waals surface area contributed by atoms with Crippen LogP contribution in [0.1, 0.15) is 6.92 Å². The molecule has 0 aliphatic carbocycles. The van der Waals surface area contributed by atoms with Gasteiger partial charge in [-0.2, -0.15) is 6.58 Å². The van der Waals surface area contributed by atoms with Crippen LogP contribution in [0.2, 0.25) is 0 Å². The van der Waals surface area contributed by atoms with Gasteiger partial charge in [0, 0.05) is 32.7 Å². The summed E-state index contributed by atoms with van der Waals surface area (Å²) in [6, 6.07) is 0. The Balaban J connectivity index is 0. The Hall–Kier alpha value is 0.584. The van der Waals surface area contributed by atoms with E-state index in [1.807, 2.05) is 6.92 Å². The van der Waals surface area contributed by atoms with Gasteiger partial charge in [-0.25, -0.2) is 12.2 Å². The third-order valence-corrected chi connectivity index (χ3v) is 0.285. The molecule has 0 amide bonds. The third-order valence-electron chi connectivity index (χ3n) is 0.285. The summed E-state index contributed by atoms with van der Waals surface area (Å²) in [7, 11) is 0. The van der Waals surface area contributed by atoms with Gasteiger partial charge in [-0.15, -0.1) is 6.92 Å². The number of hydrogen-bond donors (Lipinski definition) is 0. The molecule has 0 nitrogen and oxygen atoms in total.